The van der Waals surface area contributed by atoms with Gasteiger partial charge in [-0.25, -0.2) is 4.79 Å². The fourth-order valence-electron chi connectivity index (χ4n) is 3.63. The van der Waals surface area contributed by atoms with E-state index < -0.39 is 0 Å². The van der Waals surface area contributed by atoms with Gasteiger partial charge in [0.15, 0.2) is 0 Å². The topological polar surface area (TPSA) is 76.7 Å². The number of likely N-dealkylation sites (N-methyl/N-ethyl adjacent to an activating group) is 1. The van der Waals surface area contributed by atoms with Crippen LogP contribution in [0.3, 0.4) is 0 Å². The zero-order chi connectivity index (χ0) is 21.6. The molecule has 2 fully saturated rings. The molecule has 0 bridgehead atoms. The lowest BCUT2D eigenvalue weighted by Gasteiger charge is -2.32. The summed E-state index contributed by atoms with van der Waals surface area (Å²) in [6, 6.07) is 15.5. The first kappa shape index (κ1) is 21.3. The Hall–Kier alpha value is -2.90. The normalized spacial score (nSPS) is 17.2. The smallest absolute Gasteiger partial charge is 0.319 e. The molecule has 0 atom stereocenters. The largest absolute Gasteiger partial charge is 0.348 e. The molecule has 1 saturated carbocycles. The third kappa shape index (κ3) is 6.54. The van der Waals surface area contributed by atoms with Crippen LogP contribution in [-0.4, -0.2) is 61.0 Å². The summed E-state index contributed by atoms with van der Waals surface area (Å²) in [5.41, 5.74) is 3.49. The maximum atomic E-state index is 12.5. The van der Waals surface area contributed by atoms with Crippen molar-refractivity contribution in [2.75, 3.05) is 38.5 Å². The molecule has 31 heavy (non-hydrogen) atoms. The Morgan fingerprint density at radius 2 is 1.68 bits per heavy atom. The van der Waals surface area contributed by atoms with Crippen LogP contribution in [0.2, 0.25) is 0 Å². The molecule has 164 valence electrons. The summed E-state index contributed by atoms with van der Waals surface area (Å²) in [5.74, 6) is -0.159. The lowest BCUT2D eigenvalue weighted by atomic mass is 10.1. The fourth-order valence-corrected chi connectivity index (χ4v) is 3.63. The zero-order valence-corrected chi connectivity index (χ0v) is 18.1. The number of hydrogen-bond donors (Lipinski definition) is 3. The molecule has 4 rings (SSSR count). The average molecular weight is 422 g/mol. The Labute approximate surface area is 183 Å². The van der Waals surface area contributed by atoms with Gasteiger partial charge >= 0.3 is 6.03 Å². The Kier molecular flexibility index (Phi) is 6.84. The number of nitrogens with zero attached hydrogens (tertiary/aromatic N) is 2. The molecule has 0 unspecified atom stereocenters. The number of anilines is 1. The molecule has 1 aliphatic heterocycles. The van der Waals surface area contributed by atoms with Crippen molar-refractivity contribution in [2.24, 2.45) is 0 Å². The van der Waals surface area contributed by atoms with Gasteiger partial charge in [-0.2, -0.15) is 0 Å². The molecule has 7 heteroatoms. The standard InChI is InChI=1S/C24H31N5O2/c1-28-11-13-29(14-12-28)17-19-7-5-18(6-8-19)16-25-23(30)20-3-2-4-22(15-20)27-24(31)26-21-9-10-21/h2-8,15,21H,9-14,16-17H2,1H3,(H,25,30)(H2,26,27,31). The summed E-state index contributed by atoms with van der Waals surface area (Å²) in [6.07, 6.45) is 2.07. The Balaban J connectivity index is 1.25. The maximum Gasteiger partial charge on any atom is 0.319 e. The van der Waals surface area contributed by atoms with Crippen molar-refractivity contribution in [1.29, 1.82) is 0 Å². The van der Waals surface area contributed by atoms with Crippen molar-refractivity contribution in [3.05, 3.63) is 65.2 Å². The highest BCUT2D eigenvalue weighted by Crippen LogP contribution is 2.19. The van der Waals surface area contributed by atoms with E-state index in [9.17, 15) is 9.59 Å². The SMILES string of the molecule is CN1CCN(Cc2ccc(CNC(=O)c3cccc(NC(=O)NC4CC4)c3)cc2)CC1. The molecule has 1 saturated heterocycles. The third-order valence-corrected chi connectivity index (χ3v) is 5.77. The number of hydrogen-bond acceptors (Lipinski definition) is 4. The Morgan fingerprint density at radius 1 is 0.968 bits per heavy atom. The highest BCUT2D eigenvalue weighted by molar-refractivity contribution is 5.96. The molecule has 1 heterocycles. The van der Waals surface area contributed by atoms with Gasteiger partial charge in [0.2, 0.25) is 0 Å². The van der Waals surface area contributed by atoms with Crippen LogP contribution in [0.15, 0.2) is 48.5 Å². The number of amides is 3. The molecule has 2 aromatic carbocycles. The van der Waals surface area contributed by atoms with E-state index >= 15 is 0 Å². The predicted octanol–water partition coefficient (Wildman–Crippen LogP) is 2.65. The molecule has 1 aliphatic carbocycles. The van der Waals surface area contributed by atoms with Gasteiger partial charge < -0.3 is 20.9 Å². The van der Waals surface area contributed by atoms with Crippen LogP contribution in [0.4, 0.5) is 10.5 Å². The number of nitrogens with one attached hydrogen (secondary N) is 3. The van der Waals surface area contributed by atoms with Crippen molar-refractivity contribution in [3.8, 4) is 0 Å². The van der Waals surface area contributed by atoms with Gasteiger partial charge in [-0.05, 0) is 49.2 Å². The number of carbonyl (C=O) groups excluding carboxylic acids is 2. The van der Waals surface area contributed by atoms with Gasteiger partial charge in [0.1, 0.15) is 0 Å². The number of benzene rings is 2. The van der Waals surface area contributed by atoms with E-state index in [0.29, 0.717) is 23.8 Å². The molecule has 0 aromatic heterocycles. The minimum atomic E-state index is -0.225. The summed E-state index contributed by atoms with van der Waals surface area (Å²) in [5, 5.41) is 8.62. The van der Waals surface area contributed by atoms with Crippen LogP contribution in [0, 0.1) is 0 Å². The van der Waals surface area contributed by atoms with Gasteiger partial charge in [-0.1, -0.05) is 30.3 Å². The molecule has 3 amide bonds. The van der Waals surface area contributed by atoms with Gasteiger partial charge in [0, 0.05) is 56.6 Å². The quantitative estimate of drug-likeness (QED) is 0.642. The number of rotatable bonds is 7. The molecule has 2 aromatic rings. The minimum Gasteiger partial charge on any atom is -0.348 e. The Bertz CT molecular complexity index is 902. The first-order valence-electron chi connectivity index (χ1n) is 11.0. The van der Waals surface area contributed by atoms with Crippen LogP contribution in [0.5, 0.6) is 0 Å². The van der Waals surface area contributed by atoms with E-state index in [0.717, 1.165) is 51.1 Å². The second kappa shape index (κ2) is 9.94. The molecule has 0 radical (unpaired) electrons. The van der Waals surface area contributed by atoms with E-state index in [2.05, 4.69) is 57.1 Å². The summed E-state index contributed by atoms with van der Waals surface area (Å²) >= 11 is 0. The van der Waals surface area contributed by atoms with E-state index in [1.807, 2.05) is 0 Å². The first-order chi connectivity index (χ1) is 15.0. The van der Waals surface area contributed by atoms with Crippen LogP contribution < -0.4 is 16.0 Å². The minimum absolute atomic E-state index is 0.159. The molecular weight excluding hydrogens is 390 g/mol. The van der Waals surface area contributed by atoms with Crippen molar-refractivity contribution < 1.29 is 9.59 Å². The van der Waals surface area contributed by atoms with Crippen molar-refractivity contribution in [1.82, 2.24) is 20.4 Å². The highest BCUT2D eigenvalue weighted by Gasteiger charge is 2.23. The maximum absolute atomic E-state index is 12.5. The molecule has 7 nitrogen and oxygen atoms in total. The van der Waals surface area contributed by atoms with E-state index in [4.69, 9.17) is 0 Å². The number of carbonyl (C=O) groups is 2. The molecule has 2 aliphatic rings. The van der Waals surface area contributed by atoms with Gasteiger partial charge in [-0.15, -0.1) is 0 Å². The monoisotopic (exact) mass is 421 g/mol. The second-order valence-electron chi connectivity index (χ2n) is 8.53. The molecule has 0 spiro atoms. The lowest BCUT2D eigenvalue weighted by Crippen LogP contribution is -2.43. The second-order valence-corrected chi connectivity index (χ2v) is 8.53. The Morgan fingerprint density at radius 3 is 2.39 bits per heavy atom. The summed E-state index contributed by atoms with van der Waals surface area (Å²) < 4.78 is 0. The zero-order valence-electron chi connectivity index (χ0n) is 18.1. The predicted molar refractivity (Wildman–Crippen MR) is 122 cm³/mol. The van der Waals surface area contributed by atoms with Gasteiger partial charge in [0.05, 0.1) is 0 Å². The highest BCUT2D eigenvalue weighted by atomic mass is 16.2. The van der Waals surface area contributed by atoms with Crippen LogP contribution in [0.1, 0.15) is 34.3 Å². The summed E-state index contributed by atoms with van der Waals surface area (Å²) in [6.45, 7) is 5.87. The number of piperazine rings is 1. The molecule has 3 N–H and O–H groups in total. The lowest BCUT2D eigenvalue weighted by molar-refractivity contribution is 0.0951. The number of urea groups is 1. The average Bonchev–Trinajstić information content (AvgIpc) is 3.58. The van der Waals surface area contributed by atoms with Crippen molar-refractivity contribution in [2.45, 2.75) is 32.0 Å². The van der Waals surface area contributed by atoms with E-state index in [1.54, 1.807) is 24.3 Å². The van der Waals surface area contributed by atoms with Gasteiger partial charge in [0.25, 0.3) is 5.91 Å². The third-order valence-electron chi connectivity index (χ3n) is 5.77. The van der Waals surface area contributed by atoms with E-state index in [-0.39, 0.29) is 11.9 Å². The molecular formula is C24H31N5O2. The van der Waals surface area contributed by atoms with Crippen molar-refractivity contribution in [3.63, 3.8) is 0 Å². The van der Waals surface area contributed by atoms with Gasteiger partial charge in [-0.3, -0.25) is 9.69 Å². The van der Waals surface area contributed by atoms with Crippen LogP contribution in [0.25, 0.3) is 0 Å². The summed E-state index contributed by atoms with van der Waals surface area (Å²) in [4.78, 5) is 29.3. The van der Waals surface area contributed by atoms with Crippen LogP contribution >= 0.6 is 0 Å². The van der Waals surface area contributed by atoms with Crippen LogP contribution in [-0.2, 0) is 13.1 Å². The fraction of sp³-hybridized carbons (Fsp3) is 0.417. The van der Waals surface area contributed by atoms with E-state index in [1.165, 1.54) is 5.56 Å². The first-order valence-corrected chi connectivity index (χ1v) is 11.0. The summed E-state index contributed by atoms with van der Waals surface area (Å²) in [7, 11) is 2.17. The van der Waals surface area contributed by atoms with Crippen molar-refractivity contribution >= 4 is 17.6 Å².